The van der Waals surface area contributed by atoms with Crippen molar-refractivity contribution in [2.75, 3.05) is 0 Å². The van der Waals surface area contributed by atoms with Gasteiger partial charge in [0.2, 0.25) is 0 Å². The van der Waals surface area contributed by atoms with Crippen molar-refractivity contribution in [3.63, 3.8) is 0 Å². The monoisotopic (exact) mass is 431 g/mol. The summed E-state index contributed by atoms with van der Waals surface area (Å²) in [5, 5.41) is 3.66. The van der Waals surface area contributed by atoms with E-state index in [1.165, 1.54) is 28.7 Å². The quantitative estimate of drug-likeness (QED) is 0.313. The van der Waals surface area contributed by atoms with Crippen LogP contribution in [-0.2, 0) is 19.4 Å². The second-order valence-corrected chi connectivity index (χ2v) is 9.02. The van der Waals surface area contributed by atoms with Gasteiger partial charge in [-0.3, -0.25) is 4.79 Å². The van der Waals surface area contributed by atoms with Crippen LogP contribution in [0.2, 0.25) is 0 Å². The average Bonchev–Trinajstić information content (AvgIpc) is 3.64. The van der Waals surface area contributed by atoms with Crippen molar-refractivity contribution in [2.45, 2.75) is 37.8 Å². The Bertz CT molecular complexity index is 1200. The maximum Gasteiger partial charge on any atom is 0.167 e. The first kappa shape index (κ1) is 21.4. The number of nitrogens with one attached hydrogen (secondary N) is 1. The largest absolute Gasteiger partial charge is 0.309 e. The highest BCUT2D eigenvalue weighted by atomic mass is 16.1. The predicted octanol–water partition coefficient (Wildman–Crippen LogP) is 6.35. The molecule has 33 heavy (non-hydrogen) atoms. The van der Waals surface area contributed by atoms with Gasteiger partial charge in [-0.25, -0.2) is 0 Å². The second kappa shape index (κ2) is 9.97. The molecule has 164 valence electrons. The molecule has 0 bridgehead atoms. The van der Waals surface area contributed by atoms with Crippen molar-refractivity contribution in [2.24, 2.45) is 0 Å². The molecule has 0 amide bonds. The second-order valence-electron chi connectivity index (χ2n) is 9.02. The number of ketones is 1. The van der Waals surface area contributed by atoms with E-state index in [1.807, 2.05) is 24.3 Å². The van der Waals surface area contributed by atoms with Gasteiger partial charge in [0.05, 0.1) is 0 Å². The zero-order valence-corrected chi connectivity index (χ0v) is 18.8. The van der Waals surface area contributed by atoms with Crippen LogP contribution in [0.4, 0.5) is 0 Å². The molecule has 2 unspecified atom stereocenters. The van der Waals surface area contributed by atoms with Crippen LogP contribution in [0.1, 0.15) is 50.5 Å². The molecule has 4 aromatic rings. The van der Waals surface area contributed by atoms with Gasteiger partial charge in [-0.1, -0.05) is 103 Å². The van der Waals surface area contributed by atoms with Gasteiger partial charge >= 0.3 is 0 Å². The molecule has 1 aliphatic rings. The fourth-order valence-electron chi connectivity index (χ4n) is 4.49. The summed E-state index contributed by atoms with van der Waals surface area (Å²) in [6.07, 6.45) is 2.46. The van der Waals surface area contributed by atoms with Crippen molar-refractivity contribution in [1.29, 1.82) is 0 Å². The number of carbonyl (C=O) groups is 1. The fourth-order valence-corrected chi connectivity index (χ4v) is 4.49. The van der Waals surface area contributed by atoms with Crippen molar-refractivity contribution >= 4 is 5.78 Å². The van der Waals surface area contributed by atoms with E-state index in [-0.39, 0.29) is 5.78 Å². The third-order valence-electron chi connectivity index (χ3n) is 6.47. The van der Waals surface area contributed by atoms with Crippen LogP contribution < -0.4 is 5.32 Å². The highest BCUT2D eigenvalue weighted by Gasteiger charge is 2.37. The van der Waals surface area contributed by atoms with Crippen molar-refractivity contribution in [1.82, 2.24) is 5.32 Å². The molecule has 1 saturated carbocycles. The van der Waals surface area contributed by atoms with E-state index in [0.29, 0.717) is 18.4 Å². The Morgan fingerprint density at radius 1 is 0.697 bits per heavy atom. The predicted molar refractivity (Wildman–Crippen MR) is 135 cm³/mol. The third-order valence-corrected chi connectivity index (χ3v) is 6.47. The first-order valence-electron chi connectivity index (χ1n) is 11.8. The normalized spacial score (nSPS) is 17.0. The van der Waals surface area contributed by atoms with Gasteiger partial charge in [0.1, 0.15) is 0 Å². The minimum absolute atomic E-state index is 0.173. The van der Waals surface area contributed by atoms with Crippen LogP contribution in [0.15, 0.2) is 109 Å². The summed E-state index contributed by atoms with van der Waals surface area (Å²) in [5.41, 5.74) is 6.98. The number of benzene rings is 4. The fraction of sp³-hybridized carbons (Fsp3) is 0.194. The van der Waals surface area contributed by atoms with Crippen LogP contribution in [0, 0.1) is 0 Å². The molecule has 2 nitrogen and oxygen atoms in total. The number of carbonyl (C=O) groups excluding carboxylic acids is 1. The van der Waals surface area contributed by atoms with E-state index in [0.717, 1.165) is 24.1 Å². The highest BCUT2D eigenvalue weighted by molar-refractivity contribution is 5.97. The van der Waals surface area contributed by atoms with Gasteiger partial charge in [-0.05, 0) is 46.7 Å². The lowest BCUT2D eigenvalue weighted by molar-refractivity contribution is 0.0993. The first-order chi connectivity index (χ1) is 16.2. The summed E-state index contributed by atoms with van der Waals surface area (Å²) in [6, 6.07) is 38.2. The van der Waals surface area contributed by atoms with Crippen LogP contribution >= 0.6 is 0 Å². The Morgan fingerprint density at radius 3 is 2.09 bits per heavy atom. The first-order valence-corrected chi connectivity index (χ1v) is 11.8. The minimum Gasteiger partial charge on any atom is -0.309 e. The lowest BCUT2D eigenvalue weighted by atomic mass is 9.97. The number of rotatable bonds is 9. The molecule has 1 aliphatic carbocycles. The maximum absolute atomic E-state index is 12.9. The van der Waals surface area contributed by atoms with E-state index in [4.69, 9.17) is 0 Å². The van der Waals surface area contributed by atoms with Gasteiger partial charge in [-0.2, -0.15) is 0 Å². The Labute approximate surface area is 196 Å². The Morgan fingerprint density at radius 2 is 1.36 bits per heavy atom. The summed E-state index contributed by atoms with van der Waals surface area (Å²) >= 11 is 0. The van der Waals surface area contributed by atoms with Crippen LogP contribution in [0.25, 0.3) is 0 Å². The lowest BCUT2D eigenvalue weighted by Crippen LogP contribution is -2.17. The van der Waals surface area contributed by atoms with Crippen molar-refractivity contribution in [3.05, 3.63) is 143 Å². The topological polar surface area (TPSA) is 29.1 Å². The summed E-state index contributed by atoms with van der Waals surface area (Å²) in [6.45, 7) is 0.915. The molecular weight excluding hydrogens is 402 g/mol. The van der Waals surface area contributed by atoms with E-state index in [1.54, 1.807) is 0 Å². The standard InChI is InChI=1S/C31H29NO/c33-31(28-13-7-12-26(19-28)18-23-8-3-1-4-9-23)20-24-14-16-27(17-15-24)29-21-30(29)32-22-25-10-5-2-6-11-25/h1-17,19,29-30,32H,18,20-22H2. The average molecular weight is 432 g/mol. The zero-order valence-electron chi connectivity index (χ0n) is 18.8. The zero-order chi connectivity index (χ0) is 22.5. The van der Waals surface area contributed by atoms with Crippen LogP contribution in [0.3, 0.4) is 0 Å². The molecule has 0 aliphatic heterocycles. The van der Waals surface area contributed by atoms with E-state index < -0.39 is 0 Å². The molecule has 4 aromatic carbocycles. The molecule has 1 N–H and O–H groups in total. The Kier molecular flexibility index (Phi) is 6.46. The van der Waals surface area contributed by atoms with E-state index in [2.05, 4.69) is 90.2 Å². The van der Waals surface area contributed by atoms with Crippen molar-refractivity contribution < 1.29 is 4.79 Å². The molecule has 5 rings (SSSR count). The van der Waals surface area contributed by atoms with Gasteiger partial charge in [-0.15, -0.1) is 0 Å². The van der Waals surface area contributed by atoms with Crippen LogP contribution in [0.5, 0.6) is 0 Å². The summed E-state index contributed by atoms with van der Waals surface area (Å²) in [7, 11) is 0. The molecular formula is C31H29NO. The molecule has 2 atom stereocenters. The molecule has 0 radical (unpaired) electrons. The van der Waals surface area contributed by atoms with Gasteiger partial charge in [0, 0.05) is 30.5 Å². The van der Waals surface area contributed by atoms with Crippen LogP contribution in [-0.4, -0.2) is 11.8 Å². The van der Waals surface area contributed by atoms with Gasteiger partial charge in [0.15, 0.2) is 5.78 Å². The molecule has 0 aromatic heterocycles. The summed E-state index contributed by atoms with van der Waals surface area (Å²) in [4.78, 5) is 12.9. The smallest absolute Gasteiger partial charge is 0.167 e. The molecule has 0 spiro atoms. The SMILES string of the molecule is O=C(Cc1ccc(C2CC2NCc2ccccc2)cc1)c1cccc(Cc2ccccc2)c1. The molecule has 1 fully saturated rings. The number of Topliss-reactive ketones (excluding diaryl/α,β-unsaturated/α-hetero) is 1. The Balaban J connectivity index is 1.15. The Hall–Kier alpha value is -3.49. The minimum atomic E-state index is 0.173. The van der Waals surface area contributed by atoms with E-state index >= 15 is 0 Å². The molecule has 2 heteroatoms. The van der Waals surface area contributed by atoms with Gasteiger partial charge < -0.3 is 5.32 Å². The number of hydrogen-bond donors (Lipinski definition) is 1. The lowest BCUT2D eigenvalue weighted by Gasteiger charge is -2.07. The van der Waals surface area contributed by atoms with Gasteiger partial charge in [0.25, 0.3) is 0 Å². The third kappa shape index (κ3) is 5.66. The highest BCUT2D eigenvalue weighted by Crippen LogP contribution is 2.41. The summed E-state index contributed by atoms with van der Waals surface area (Å²) < 4.78 is 0. The molecule has 0 saturated heterocycles. The number of hydrogen-bond acceptors (Lipinski definition) is 2. The maximum atomic E-state index is 12.9. The van der Waals surface area contributed by atoms with Crippen molar-refractivity contribution in [3.8, 4) is 0 Å². The van der Waals surface area contributed by atoms with E-state index in [9.17, 15) is 4.79 Å². The summed E-state index contributed by atoms with van der Waals surface area (Å²) in [5.74, 6) is 0.750. The molecule has 0 heterocycles.